The van der Waals surface area contributed by atoms with Gasteiger partial charge in [-0.15, -0.1) is 0 Å². The molecular weight excluding hydrogens is 322 g/mol. The van der Waals surface area contributed by atoms with Crippen molar-refractivity contribution in [3.63, 3.8) is 0 Å². The van der Waals surface area contributed by atoms with Crippen LogP contribution >= 0.6 is 0 Å². The van der Waals surface area contributed by atoms with Crippen molar-refractivity contribution in [2.75, 3.05) is 19.6 Å². The van der Waals surface area contributed by atoms with Gasteiger partial charge in [0.05, 0.1) is 12.1 Å². The lowest BCUT2D eigenvalue weighted by Crippen LogP contribution is -2.46. The maximum atomic E-state index is 4.84. The predicted molar refractivity (Wildman–Crippen MR) is 109 cm³/mol. The molecule has 2 heterocycles. The van der Waals surface area contributed by atoms with E-state index in [1.807, 2.05) is 12.3 Å². The lowest BCUT2D eigenvalue weighted by Gasteiger charge is -2.22. The van der Waals surface area contributed by atoms with Gasteiger partial charge >= 0.3 is 0 Å². The number of para-hydroxylation sites is 1. The summed E-state index contributed by atoms with van der Waals surface area (Å²) >= 11 is 0. The summed E-state index contributed by atoms with van der Waals surface area (Å²) in [7, 11) is 0. The Morgan fingerprint density at radius 3 is 2.81 bits per heavy atom. The van der Waals surface area contributed by atoms with Gasteiger partial charge in [-0.2, -0.15) is 0 Å². The zero-order valence-electron chi connectivity index (χ0n) is 16.4. The molecule has 1 aromatic heterocycles. The summed E-state index contributed by atoms with van der Waals surface area (Å²) in [6, 6.07) is 11.4. The highest BCUT2D eigenvalue weighted by Crippen LogP contribution is 2.19. The number of pyridine rings is 1. The van der Waals surface area contributed by atoms with E-state index in [1.54, 1.807) is 0 Å². The van der Waals surface area contributed by atoms with E-state index in [0.29, 0.717) is 24.5 Å². The molecular formula is C21H31N5. The molecule has 0 saturated carbocycles. The number of fused-ring (bicyclic) bond motifs is 1. The summed E-state index contributed by atoms with van der Waals surface area (Å²) in [4.78, 5) is 11.9. The van der Waals surface area contributed by atoms with Crippen molar-refractivity contribution in [1.82, 2.24) is 20.5 Å². The Labute approximate surface area is 156 Å². The van der Waals surface area contributed by atoms with Gasteiger partial charge in [-0.3, -0.25) is 9.88 Å². The van der Waals surface area contributed by atoms with Gasteiger partial charge in [0, 0.05) is 43.3 Å². The van der Waals surface area contributed by atoms with Crippen molar-refractivity contribution >= 4 is 16.9 Å². The molecule has 1 saturated heterocycles. The van der Waals surface area contributed by atoms with Crippen LogP contribution in [0.2, 0.25) is 0 Å². The van der Waals surface area contributed by atoms with E-state index >= 15 is 0 Å². The van der Waals surface area contributed by atoms with Crippen LogP contribution in [0, 0.1) is 5.92 Å². The summed E-state index contributed by atoms with van der Waals surface area (Å²) < 4.78 is 0. The van der Waals surface area contributed by atoms with Crippen LogP contribution in [-0.2, 0) is 6.54 Å². The SMILES string of the molecule is CCNC(=NCc1cccc2cccnc12)NC1CN(C(C)C)CC1C. The maximum absolute atomic E-state index is 4.84. The minimum atomic E-state index is 0.431. The topological polar surface area (TPSA) is 52.6 Å². The second kappa shape index (κ2) is 8.49. The lowest BCUT2D eigenvalue weighted by atomic mass is 10.1. The number of likely N-dealkylation sites (tertiary alicyclic amines) is 1. The average Bonchev–Trinajstić information content (AvgIpc) is 3.01. The Morgan fingerprint density at radius 1 is 1.27 bits per heavy atom. The van der Waals surface area contributed by atoms with Crippen molar-refractivity contribution < 1.29 is 0 Å². The Kier molecular flexibility index (Phi) is 6.09. The van der Waals surface area contributed by atoms with Crippen LogP contribution in [0.4, 0.5) is 0 Å². The first-order chi connectivity index (χ1) is 12.6. The normalized spacial score (nSPS) is 21.5. The van der Waals surface area contributed by atoms with Crippen molar-refractivity contribution in [3.05, 3.63) is 42.1 Å². The average molecular weight is 354 g/mol. The number of benzene rings is 1. The summed E-state index contributed by atoms with van der Waals surface area (Å²) in [5.74, 6) is 1.50. The standard InChI is InChI=1S/C21H31N5/c1-5-22-21(25-19-14-26(15(2)3)13-16(19)4)24-12-18-9-6-8-17-10-7-11-23-20(17)18/h6-11,15-16,19H,5,12-14H2,1-4H3,(H2,22,24,25). The van der Waals surface area contributed by atoms with E-state index in [-0.39, 0.29) is 0 Å². The third kappa shape index (κ3) is 4.33. The van der Waals surface area contributed by atoms with Gasteiger partial charge in [0.25, 0.3) is 0 Å². The summed E-state index contributed by atoms with van der Waals surface area (Å²) in [6.07, 6.45) is 1.85. The van der Waals surface area contributed by atoms with E-state index < -0.39 is 0 Å². The molecule has 1 fully saturated rings. The minimum absolute atomic E-state index is 0.431. The number of guanidine groups is 1. The Hall–Kier alpha value is -2.14. The van der Waals surface area contributed by atoms with Gasteiger partial charge in [0.15, 0.2) is 5.96 Å². The smallest absolute Gasteiger partial charge is 0.191 e. The Morgan fingerprint density at radius 2 is 2.08 bits per heavy atom. The zero-order valence-corrected chi connectivity index (χ0v) is 16.4. The highest BCUT2D eigenvalue weighted by atomic mass is 15.3. The number of aliphatic imine (C=N–C) groups is 1. The van der Waals surface area contributed by atoms with Gasteiger partial charge in [-0.1, -0.05) is 31.2 Å². The van der Waals surface area contributed by atoms with Crippen LogP contribution in [0.1, 0.15) is 33.3 Å². The third-order valence-electron chi connectivity index (χ3n) is 5.16. The number of nitrogens with zero attached hydrogens (tertiary/aromatic N) is 3. The van der Waals surface area contributed by atoms with E-state index in [2.05, 4.69) is 72.5 Å². The summed E-state index contributed by atoms with van der Waals surface area (Å²) in [6.45, 7) is 12.6. The minimum Gasteiger partial charge on any atom is -0.357 e. The molecule has 0 aliphatic carbocycles. The molecule has 1 aromatic carbocycles. The zero-order chi connectivity index (χ0) is 18.5. The van der Waals surface area contributed by atoms with Gasteiger partial charge in [-0.05, 0) is 38.3 Å². The van der Waals surface area contributed by atoms with Crippen LogP contribution in [0.5, 0.6) is 0 Å². The molecule has 2 N–H and O–H groups in total. The molecule has 0 radical (unpaired) electrons. The fourth-order valence-electron chi connectivity index (χ4n) is 3.57. The number of nitrogens with one attached hydrogen (secondary N) is 2. The van der Waals surface area contributed by atoms with Crippen molar-refractivity contribution in [2.24, 2.45) is 10.9 Å². The molecule has 3 rings (SSSR count). The molecule has 2 atom stereocenters. The molecule has 0 spiro atoms. The molecule has 5 nitrogen and oxygen atoms in total. The fraction of sp³-hybridized carbons (Fsp3) is 0.524. The summed E-state index contributed by atoms with van der Waals surface area (Å²) in [5, 5.41) is 8.20. The second-order valence-corrected chi connectivity index (χ2v) is 7.46. The largest absolute Gasteiger partial charge is 0.357 e. The van der Waals surface area contributed by atoms with Crippen LogP contribution in [-0.4, -0.2) is 47.6 Å². The fourth-order valence-corrected chi connectivity index (χ4v) is 3.57. The maximum Gasteiger partial charge on any atom is 0.191 e. The number of hydrogen-bond acceptors (Lipinski definition) is 3. The predicted octanol–water partition coefficient (Wildman–Crippen LogP) is 3.02. The van der Waals surface area contributed by atoms with Gasteiger partial charge in [-0.25, -0.2) is 4.99 Å². The summed E-state index contributed by atoms with van der Waals surface area (Å²) in [5.41, 5.74) is 2.19. The third-order valence-corrected chi connectivity index (χ3v) is 5.16. The van der Waals surface area contributed by atoms with Crippen LogP contribution in [0.15, 0.2) is 41.5 Å². The molecule has 0 bridgehead atoms. The van der Waals surface area contributed by atoms with Crippen LogP contribution in [0.3, 0.4) is 0 Å². The van der Waals surface area contributed by atoms with E-state index in [1.165, 1.54) is 0 Å². The van der Waals surface area contributed by atoms with Crippen LogP contribution < -0.4 is 10.6 Å². The monoisotopic (exact) mass is 353 g/mol. The van der Waals surface area contributed by atoms with E-state index in [9.17, 15) is 0 Å². The van der Waals surface area contributed by atoms with E-state index in [0.717, 1.165) is 42.1 Å². The number of hydrogen-bond donors (Lipinski definition) is 2. The highest BCUT2D eigenvalue weighted by molar-refractivity contribution is 5.83. The molecule has 2 unspecified atom stereocenters. The molecule has 2 aromatic rings. The lowest BCUT2D eigenvalue weighted by molar-refractivity contribution is 0.265. The van der Waals surface area contributed by atoms with Crippen molar-refractivity contribution in [1.29, 1.82) is 0 Å². The molecule has 26 heavy (non-hydrogen) atoms. The first-order valence-electron chi connectivity index (χ1n) is 9.70. The molecule has 5 heteroatoms. The first-order valence-corrected chi connectivity index (χ1v) is 9.70. The van der Waals surface area contributed by atoms with E-state index in [4.69, 9.17) is 4.99 Å². The number of rotatable bonds is 5. The molecule has 1 aliphatic rings. The van der Waals surface area contributed by atoms with Gasteiger partial charge in [0.1, 0.15) is 0 Å². The van der Waals surface area contributed by atoms with Crippen molar-refractivity contribution in [2.45, 2.75) is 46.3 Å². The Bertz CT molecular complexity index is 750. The van der Waals surface area contributed by atoms with Gasteiger partial charge < -0.3 is 10.6 Å². The van der Waals surface area contributed by atoms with Gasteiger partial charge in [0.2, 0.25) is 0 Å². The molecule has 140 valence electrons. The first kappa shape index (κ1) is 18.6. The molecule has 0 amide bonds. The quantitative estimate of drug-likeness (QED) is 0.641. The second-order valence-electron chi connectivity index (χ2n) is 7.46. The highest BCUT2D eigenvalue weighted by Gasteiger charge is 2.31. The Balaban J connectivity index is 1.73. The van der Waals surface area contributed by atoms with Crippen molar-refractivity contribution in [3.8, 4) is 0 Å². The number of aromatic nitrogens is 1. The van der Waals surface area contributed by atoms with Crippen LogP contribution in [0.25, 0.3) is 10.9 Å². The molecule has 1 aliphatic heterocycles.